The SMILES string of the molecule is CC(C)C(=O)N1CCC(CNC(=O)C2CCC3CNN(C4COC4)C3C2)CC1. The van der Waals surface area contributed by atoms with Gasteiger partial charge in [-0.05, 0) is 43.9 Å². The number of ether oxygens (including phenoxy) is 1. The van der Waals surface area contributed by atoms with Crippen LogP contribution < -0.4 is 10.7 Å². The van der Waals surface area contributed by atoms with Crippen molar-refractivity contribution in [3.8, 4) is 0 Å². The maximum Gasteiger partial charge on any atom is 0.225 e. The first-order valence-corrected chi connectivity index (χ1v) is 11.2. The molecule has 4 fully saturated rings. The third-order valence-electron chi connectivity index (χ3n) is 7.22. The average molecular weight is 393 g/mol. The van der Waals surface area contributed by atoms with E-state index in [0.717, 1.165) is 71.5 Å². The van der Waals surface area contributed by atoms with Crippen LogP contribution >= 0.6 is 0 Å². The summed E-state index contributed by atoms with van der Waals surface area (Å²) in [5.74, 6) is 1.86. The summed E-state index contributed by atoms with van der Waals surface area (Å²) in [4.78, 5) is 26.9. The molecule has 0 aromatic heterocycles. The van der Waals surface area contributed by atoms with Gasteiger partial charge in [-0.2, -0.15) is 0 Å². The second-order valence-corrected chi connectivity index (χ2v) is 9.47. The molecule has 158 valence electrons. The summed E-state index contributed by atoms with van der Waals surface area (Å²) >= 11 is 0. The summed E-state index contributed by atoms with van der Waals surface area (Å²) in [7, 11) is 0. The molecule has 0 aromatic carbocycles. The fraction of sp³-hybridized carbons (Fsp3) is 0.905. The summed E-state index contributed by atoms with van der Waals surface area (Å²) in [6.45, 7) is 9.00. The quantitative estimate of drug-likeness (QED) is 0.730. The van der Waals surface area contributed by atoms with Crippen molar-refractivity contribution in [1.29, 1.82) is 0 Å². The van der Waals surface area contributed by atoms with Crippen LogP contribution in [0.4, 0.5) is 0 Å². The molecule has 7 nitrogen and oxygen atoms in total. The molecule has 4 aliphatic rings. The van der Waals surface area contributed by atoms with Crippen LogP contribution in [0.15, 0.2) is 0 Å². The van der Waals surface area contributed by atoms with Gasteiger partial charge in [0.25, 0.3) is 0 Å². The van der Waals surface area contributed by atoms with Gasteiger partial charge in [-0.25, -0.2) is 5.01 Å². The fourth-order valence-corrected chi connectivity index (χ4v) is 5.26. The first-order valence-electron chi connectivity index (χ1n) is 11.2. The molecule has 3 saturated heterocycles. The first-order chi connectivity index (χ1) is 13.5. The Morgan fingerprint density at radius 2 is 1.89 bits per heavy atom. The van der Waals surface area contributed by atoms with Gasteiger partial charge in [0.05, 0.1) is 19.3 Å². The third kappa shape index (κ3) is 4.21. The predicted octanol–water partition coefficient (Wildman–Crippen LogP) is 1.00. The van der Waals surface area contributed by atoms with Crippen LogP contribution in [0.3, 0.4) is 0 Å². The summed E-state index contributed by atoms with van der Waals surface area (Å²) in [6, 6.07) is 0.958. The van der Waals surface area contributed by atoms with Crippen LogP contribution in [0.25, 0.3) is 0 Å². The molecule has 3 heterocycles. The number of hydrogen-bond donors (Lipinski definition) is 2. The molecule has 0 spiro atoms. The lowest BCUT2D eigenvalue weighted by Gasteiger charge is -2.41. The molecule has 3 atom stereocenters. The van der Waals surface area contributed by atoms with Crippen LogP contribution in [0, 0.1) is 23.7 Å². The number of carbonyl (C=O) groups is 2. The highest BCUT2D eigenvalue weighted by molar-refractivity contribution is 5.79. The van der Waals surface area contributed by atoms with Gasteiger partial charge in [0, 0.05) is 44.1 Å². The Morgan fingerprint density at radius 3 is 2.54 bits per heavy atom. The standard InChI is InChI=1S/C21H36N4O3/c1-14(2)21(27)24-7-5-15(6-8-24)10-22-20(26)16-3-4-17-11-23-25(19(17)9-16)18-12-28-13-18/h14-19,23H,3-13H2,1-2H3,(H,22,26). The maximum absolute atomic E-state index is 12.8. The molecule has 1 aliphatic carbocycles. The van der Waals surface area contributed by atoms with Crippen LogP contribution in [0.2, 0.25) is 0 Å². The zero-order valence-corrected chi connectivity index (χ0v) is 17.4. The van der Waals surface area contributed by atoms with Crippen molar-refractivity contribution < 1.29 is 14.3 Å². The number of piperidine rings is 1. The molecule has 0 bridgehead atoms. The van der Waals surface area contributed by atoms with Gasteiger partial charge in [0.15, 0.2) is 0 Å². The summed E-state index contributed by atoms with van der Waals surface area (Å²) in [5.41, 5.74) is 3.55. The summed E-state index contributed by atoms with van der Waals surface area (Å²) in [5, 5.41) is 5.62. The Hall–Kier alpha value is -1.18. The molecule has 7 heteroatoms. The van der Waals surface area contributed by atoms with E-state index in [4.69, 9.17) is 4.74 Å². The number of nitrogens with one attached hydrogen (secondary N) is 2. The van der Waals surface area contributed by atoms with E-state index in [2.05, 4.69) is 15.8 Å². The number of hydrogen-bond acceptors (Lipinski definition) is 5. The van der Waals surface area contributed by atoms with Gasteiger partial charge < -0.3 is 15.0 Å². The van der Waals surface area contributed by atoms with Crippen molar-refractivity contribution in [1.82, 2.24) is 20.7 Å². The van der Waals surface area contributed by atoms with E-state index in [9.17, 15) is 9.59 Å². The van der Waals surface area contributed by atoms with E-state index in [1.165, 1.54) is 0 Å². The summed E-state index contributed by atoms with van der Waals surface area (Å²) < 4.78 is 5.36. The minimum atomic E-state index is 0.0718. The lowest BCUT2D eigenvalue weighted by molar-refractivity contribution is -0.136. The molecule has 0 radical (unpaired) electrons. The van der Waals surface area contributed by atoms with E-state index in [0.29, 0.717) is 23.9 Å². The number of rotatable bonds is 5. The van der Waals surface area contributed by atoms with E-state index in [-0.39, 0.29) is 23.7 Å². The second-order valence-electron chi connectivity index (χ2n) is 9.47. The van der Waals surface area contributed by atoms with Gasteiger partial charge in [-0.3, -0.25) is 15.0 Å². The van der Waals surface area contributed by atoms with Gasteiger partial charge in [-0.1, -0.05) is 13.8 Å². The topological polar surface area (TPSA) is 73.9 Å². The lowest BCUT2D eigenvalue weighted by atomic mass is 9.78. The lowest BCUT2D eigenvalue weighted by Crippen LogP contribution is -2.56. The first kappa shape index (κ1) is 20.1. The highest BCUT2D eigenvalue weighted by Gasteiger charge is 2.45. The molecule has 4 rings (SSSR count). The number of fused-ring (bicyclic) bond motifs is 1. The molecule has 2 N–H and O–H groups in total. The number of likely N-dealkylation sites (tertiary alicyclic amines) is 1. The Morgan fingerprint density at radius 1 is 1.14 bits per heavy atom. The Kier molecular flexibility index (Phi) is 6.23. The highest BCUT2D eigenvalue weighted by atomic mass is 16.5. The van der Waals surface area contributed by atoms with Crippen LogP contribution in [-0.2, 0) is 14.3 Å². The third-order valence-corrected chi connectivity index (χ3v) is 7.22. The molecular weight excluding hydrogens is 356 g/mol. The predicted molar refractivity (Wildman–Crippen MR) is 106 cm³/mol. The summed E-state index contributed by atoms with van der Waals surface area (Å²) in [6.07, 6.45) is 5.09. The second kappa shape index (κ2) is 8.67. The van der Waals surface area contributed by atoms with Crippen molar-refractivity contribution in [2.45, 2.75) is 58.0 Å². The molecular formula is C21H36N4O3. The molecule has 28 heavy (non-hydrogen) atoms. The number of nitrogens with zero attached hydrogens (tertiary/aromatic N) is 2. The highest BCUT2D eigenvalue weighted by Crippen LogP contribution is 2.36. The van der Waals surface area contributed by atoms with Crippen molar-refractivity contribution in [3.63, 3.8) is 0 Å². The van der Waals surface area contributed by atoms with Gasteiger partial charge in [0.2, 0.25) is 11.8 Å². The number of amides is 2. The molecule has 0 aromatic rings. The minimum absolute atomic E-state index is 0.0718. The van der Waals surface area contributed by atoms with E-state index in [1.807, 2.05) is 18.7 Å². The van der Waals surface area contributed by atoms with Crippen molar-refractivity contribution >= 4 is 11.8 Å². The number of carbonyl (C=O) groups excluding carboxylic acids is 2. The zero-order valence-electron chi connectivity index (χ0n) is 17.4. The largest absolute Gasteiger partial charge is 0.378 e. The van der Waals surface area contributed by atoms with Crippen molar-refractivity contribution in [2.24, 2.45) is 23.7 Å². The van der Waals surface area contributed by atoms with Gasteiger partial charge in [0.1, 0.15) is 0 Å². The Labute approximate surface area is 168 Å². The maximum atomic E-state index is 12.8. The fourth-order valence-electron chi connectivity index (χ4n) is 5.26. The van der Waals surface area contributed by atoms with E-state index in [1.54, 1.807) is 0 Å². The minimum Gasteiger partial charge on any atom is -0.378 e. The van der Waals surface area contributed by atoms with Crippen molar-refractivity contribution in [2.75, 3.05) is 39.4 Å². The monoisotopic (exact) mass is 392 g/mol. The Balaban J connectivity index is 1.21. The Bertz CT molecular complexity index is 572. The normalized spacial score (nSPS) is 32.2. The smallest absolute Gasteiger partial charge is 0.225 e. The molecule has 3 unspecified atom stereocenters. The van der Waals surface area contributed by atoms with Crippen LogP contribution in [-0.4, -0.2) is 73.2 Å². The van der Waals surface area contributed by atoms with Gasteiger partial charge in [-0.15, -0.1) is 0 Å². The zero-order chi connectivity index (χ0) is 19.7. The van der Waals surface area contributed by atoms with E-state index < -0.39 is 0 Å². The van der Waals surface area contributed by atoms with Crippen LogP contribution in [0.1, 0.15) is 46.0 Å². The van der Waals surface area contributed by atoms with Crippen LogP contribution in [0.5, 0.6) is 0 Å². The van der Waals surface area contributed by atoms with Gasteiger partial charge >= 0.3 is 0 Å². The molecule has 3 aliphatic heterocycles. The average Bonchev–Trinajstić information content (AvgIpc) is 3.07. The van der Waals surface area contributed by atoms with E-state index >= 15 is 0 Å². The molecule has 2 amide bonds. The molecule has 1 saturated carbocycles. The van der Waals surface area contributed by atoms with Crippen molar-refractivity contribution in [3.05, 3.63) is 0 Å². The number of hydrazine groups is 1.